The number of allylic oxidation sites excluding steroid dienone is 2. The highest BCUT2D eigenvalue weighted by Crippen LogP contribution is 2.61. The van der Waals surface area contributed by atoms with Gasteiger partial charge in [0.15, 0.2) is 0 Å². The fourth-order valence-electron chi connectivity index (χ4n) is 2.61. The van der Waals surface area contributed by atoms with Crippen molar-refractivity contribution in [1.29, 1.82) is 0 Å². The summed E-state index contributed by atoms with van der Waals surface area (Å²) in [6.45, 7) is 8.29. The van der Waals surface area contributed by atoms with Crippen LogP contribution in [0.2, 0.25) is 0 Å². The van der Waals surface area contributed by atoms with Crippen molar-refractivity contribution in [2.75, 3.05) is 7.11 Å². The summed E-state index contributed by atoms with van der Waals surface area (Å²) in [5, 5.41) is 0. The fourth-order valence-corrected chi connectivity index (χ4v) is 2.61. The van der Waals surface area contributed by atoms with Crippen LogP contribution in [0.15, 0.2) is 22.3 Å². The maximum Gasteiger partial charge on any atom is 0.108 e. The first kappa shape index (κ1) is 15.5. The van der Waals surface area contributed by atoms with Crippen LogP contribution in [0.3, 0.4) is 0 Å². The van der Waals surface area contributed by atoms with Crippen molar-refractivity contribution in [3.63, 3.8) is 0 Å². The monoisotopic (exact) mass is 251 g/mol. The first-order chi connectivity index (χ1) is 8.72. The average molecular weight is 251 g/mol. The molecule has 0 aromatic carbocycles. The van der Waals surface area contributed by atoms with Crippen LogP contribution in [0.1, 0.15) is 59.8 Å². The highest BCUT2D eigenvalue weighted by atomic mass is 16.5. The summed E-state index contributed by atoms with van der Waals surface area (Å²) < 4.78 is 5.21. The molecule has 2 bridgehead atoms. The molecular formula is C16H29NO. The Morgan fingerprint density at radius 1 is 1.17 bits per heavy atom. The van der Waals surface area contributed by atoms with Gasteiger partial charge in [-0.25, -0.2) is 0 Å². The van der Waals surface area contributed by atoms with E-state index in [0.29, 0.717) is 12.1 Å². The van der Waals surface area contributed by atoms with Crippen molar-refractivity contribution in [2.24, 2.45) is 5.73 Å². The molecule has 1 unspecified atom stereocenters. The van der Waals surface area contributed by atoms with E-state index in [1.807, 2.05) is 13.8 Å². The van der Waals surface area contributed by atoms with Crippen LogP contribution < -0.4 is 5.73 Å². The predicted octanol–water partition coefficient (Wildman–Crippen LogP) is 3.97. The lowest BCUT2D eigenvalue weighted by Crippen LogP contribution is -2.17. The zero-order chi connectivity index (χ0) is 13.7. The van der Waals surface area contributed by atoms with E-state index < -0.39 is 0 Å². The third-order valence-electron chi connectivity index (χ3n) is 3.77. The van der Waals surface area contributed by atoms with Crippen LogP contribution >= 0.6 is 0 Å². The van der Waals surface area contributed by atoms with Crippen molar-refractivity contribution in [3.05, 3.63) is 22.3 Å². The number of nitrogens with two attached hydrogens (primary N) is 1. The van der Waals surface area contributed by atoms with Gasteiger partial charge in [0.05, 0.1) is 0 Å². The van der Waals surface area contributed by atoms with Gasteiger partial charge in [-0.05, 0) is 36.8 Å². The standard InChI is InChI=1S/C8H8O.C6H15N.C2H6/c1-9-8-6-4-2-5(3-4)7(6)8;1-3-5-6(7)4-2;1-2/h8H,2-3H2,1H3;6H,3-5,7H2,1-2H3;1-2H3. The molecule has 18 heavy (non-hydrogen) atoms. The van der Waals surface area contributed by atoms with Gasteiger partial charge in [-0.15, -0.1) is 0 Å². The van der Waals surface area contributed by atoms with Crippen LogP contribution in [-0.2, 0) is 4.74 Å². The van der Waals surface area contributed by atoms with Crippen molar-refractivity contribution in [2.45, 2.75) is 71.9 Å². The second-order valence-corrected chi connectivity index (χ2v) is 4.96. The quantitative estimate of drug-likeness (QED) is 0.820. The van der Waals surface area contributed by atoms with Crippen LogP contribution in [0.4, 0.5) is 0 Å². The molecule has 2 nitrogen and oxygen atoms in total. The van der Waals surface area contributed by atoms with E-state index in [1.165, 1.54) is 25.7 Å². The van der Waals surface area contributed by atoms with Gasteiger partial charge in [0.2, 0.25) is 0 Å². The maximum atomic E-state index is 5.58. The Kier molecular flexibility index (Phi) is 6.10. The van der Waals surface area contributed by atoms with Gasteiger partial charge >= 0.3 is 0 Å². The normalized spacial score (nSPS) is 20.3. The van der Waals surface area contributed by atoms with Crippen LogP contribution in [0.5, 0.6) is 0 Å². The minimum absolute atomic E-state index is 0.449. The van der Waals surface area contributed by atoms with Crippen molar-refractivity contribution in [3.8, 4) is 0 Å². The molecule has 0 aromatic heterocycles. The molecule has 104 valence electrons. The molecule has 2 heteroatoms. The van der Waals surface area contributed by atoms with Crippen LogP contribution in [0, 0.1) is 0 Å². The van der Waals surface area contributed by atoms with E-state index in [1.54, 1.807) is 29.4 Å². The molecular weight excluding hydrogens is 222 g/mol. The van der Waals surface area contributed by atoms with E-state index in [-0.39, 0.29) is 0 Å². The Labute approximate surface area is 112 Å². The first-order valence-electron chi connectivity index (χ1n) is 7.45. The predicted molar refractivity (Wildman–Crippen MR) is 78.6 cm³/mol. The molecule has 2 saturated carbocycles. The number of hydrogen-bond donors (Lipinski definition) is 1. The number of rotatable bonds is 4. The molecule has 0 spiro atoms. The van der Waals surface area contributed by atoms with E-state index in [2.05, 4.69) is 13.8 Å². The first-order valence-corrected chi connectivity index (χ1v) is 7.45. The molecule has 4 rings (SSSR count). The van der Waals surface area contributed by atoms with E-state index in [9.17, 15) is 0 Å². The second kappa shape index (κ2) is 7.10. The summed E-state index contributed by atoms with van der Waals surface area (Å²) in [6.07, 6.45) is 6.56. The van der Waals surface area contributed by atoms with E-state index in [4.69, 9.17) is 10.5 Å². The molecule has 1 atom stereocenters. The second-order valence-electron chi connectivity index (χ2n) is 4.96. The lowest BCUT2D eigenvalue weighted by Gasteiger charge is -2.17. The summed E-state index contributed by atoms with van der Waals surface area (Å²) in [7, 11) is 1.80. The van der Waals surface area contributed by atoms with Gasteiger partial charge in [0.25, 0.3) is 0 Å². The number of ether oxygens (including phenoxy) is 1. The molecule has 4 aliphatic rings. The molecule has 0 aliphatic heterocycles. The SMILES string of the molecule is CC.CCCC(N)CC.COC1C2=C3CC(=C21)C3. The summed E-state index contributed by atoms with van der Waals surface area (Å²) in [5.74, 6) is 0. The summed E-state index contributed by atoms with van der Waals surface area (Å²) in [5.41, 5.74) is 12.0. The smallest absolute Gasteiger partial charge is 0.108 e. The van der Waals surface area contributed by atoms with Crippen molar-refractivity contribution in [1.82, 2.24) is 0 Å². The molecule has 4 aliphatic carbocycles. The Bertz CT molecular complexity index is 307. The molecule has 0 aromatic rings. The molecule has 2 fully saturated rings. The van der Waals surface area contributed by atoms with Crippen molar-refractivity contribution >= 4 is 0 Å². The largest absolute Gasteiger partial charge is 0.372 e. The minimum Gasteiger partial charge on any atom is -0.372 e. The minimum atomic E-state index is 0.449. The van der Waals surface area contributed by atoms with Gasteiger partial charge in [-0.2, -0.15) is 0 Å². The Balaban J connectivity index is 0.000000165. The molecule has 0 amide bonds. The van der Waals surface area contributed by atoms with Gasteiger partial charge in [0, 0.05) is 13.2 Å². The van der Waals surface area contributed by atoms with Gasteiger partial charge in [-0.3, -0.25) is 0 Å². The van der Waals surface area contributed by atoms with Crippen LogP contribution in [0.25, 0.3) is 0 Å². The summed E-state index contributed by atoms with van der Waals surface area (Å²) >= 11 is 0. The Morgan fingerprint density at radius 3 is 1.89 bits per heavy atom. The molecule has 2 N–H and O–H groups in total. The number of hydrogen-bond acceptors (Lipinski definition) is 2. The van der Waals surface area contributed by atoms with Gasteiger partial charge < -0.3 is 10.5 Å². The fraction of sp³-hybridized carbons (Fsp3) is 0.750. The zero-order valence-corrected chi connectivity index (χ0v) is 12.7. The van der Waals surface area contributed by atoms with E-state index in [0.717, 1.165) is 6.42 Å². The highest BCUT2D eigenvalue weighted by Gasteiger charge is 2.51. The third kappa shape index (κ3) is 3.04. The summed E-state index contributed by atoms with van der Waals surface area (Å²) in [4.78, 5) is 0. The number of methoxy groups -OCH3 is 1. The summed E-state index contributed by atoms with van der Waals surface area (Å²) in [6, 6.07) is 0.449. The van der Waals surface area contributed by atoms with Gasteiger partial charge in [-0.1, -0.05) is 45.3 Å². The average Bonchev–Trinajstić information content (AvgIpc) is 2.76. The third-order valence-corrected chi connectivity index (χ3v) is 3.77. The molecule has 0 heterocycles. The Morgan fingerprint density at radius 2 is 1.67 bits per heavy atom. The Hall–Kier alpha value is -0.600. The molecule has 0 saturated heterocycles. The zero-order valence-electron chi connectivity index (χ0n) is 12.7. The van der Waals surface area contributed by atoms with Crippen molar-refractivity contribution < 1.29 is 4.74 Å². The van der Waals surface area contributed by atoms with Gasteiger partial charge in [0.1, 0.15) is 6.10 Å². The topological polar surface area (TPSA) is 35.2 Å². The van der Waals surface area contributed by atoms with Crippen LogP contribution in [-0.4, -0.2) is 19.3 Å². The lowest BCUT2D eigenvalue weighted by molar-refractivity contribution is 0.201. The van der Waals surface area contributed by atoms with E-state index >= 15 is 0 Å². The molecule has 0 radical (unpaired) electrons. The highest BCUT2D eigenvalue weighted by molar-refractivity contribution is 5.74. The maximum absolute atomic E-state index is 5.58. The lowest BCUT2D eigenvalue weighted by atomic mass is 9.89.